The number of anilines is 1. The first-order chi connectivity index (χ1) is 12.5. The first kappa shape index (κ1) is 18.0. The first-order valence-corrected chi connectivity index (χ1v) is 8.88. The summed E-state index contributed by atoms with van der Waals surface area (Å²) in [7, 11) is 0. The third-order valence-electron chi connectivity index (χ3n) is 4.51. The van der Waals surface area contributed by atoms with E-state index in [-0.39, 0.29) is 24.4 Å². The number of rotatable bonds is 5. The van der Waals surface area contributed by atoms with Gasteiger partial charge in [-0.1, -0.05) is 42.5 Å². The van der Waals surface area contributed by atoms with Crippen LogP contribution in [0, 0.1) is 0 Å². The molecule has 0 aliphatic carbocycles. The van der Waals surface area contributed by atoms with Gasteiger partial charge >= 0.3 is 0 Å². The topological polar surface area (TPSA) is 49.9 Å². The van der Waals surface area contributed by atoms with Crippen molar-refractivity contribution in [3.05, 3.63) is 60.2 Å². The van der Waals surface area contributed by atoms with E-state index in [9.17, 15) is 9.59 Å². The lowest BCUT2D eigenvalue weighted by Gasteiger charge is -2.35. The highest BCUT2D eigenvalue weighted by atomic mass is 16.5. The van der Waals surface area contributed by atoms with E-state index in [1.165, 1.54) is 4.90 Å². The lowest BCUT2D eigenvalue weighted by atomic mass is 10.1. The molecular weight excluding hydrogens is 328 g/mol. The van der Waals surface area contributed by atoms with Crippen LogP contribution < -0.4 is 9.64 Å². The van der Waals surface area contributed by atoms with E-state index < -0.39 is 6.10 Å². The van der Waals surface area contributed by atoms with E-state index in [0.717, 1.165) is 5.56 Å². The van der Waals surface area contributed by atoms with Crippen molar-refractivity contribution in [2.45, 2.75) is 39.5 Å². The Bertz CT molecular complexity index is 789. The fourth-order valence-electron chi connectivity index (χ4n) is 3.09. The van der Waals surface area contributed by atoms with Crippen LogP contribution in [0.5, 0.6) is 5.75 Å². The lowest BCUT2D eigenvalue weighted by Crippen LogP contribution is -2.50. The number of fused-ring (bicyclic) bond motifs is 1. The fraction of sp³-hybridized carbons (Fsp3) is 0.333. The van der Waals surface area contributed by atoms with Crippen molar-refractivity contribution in [1.82, 2.24) is 4.90 Å². The van der Waals surface area contributed by atoms with E-state index >= 15 is 0 Å². The molecule has 0 saturated carbocycles. The number of para-hydroxylation sites is 2. The molecule has 0 saturated heterocycles. The van der Waals surface area contributed by atoms with E-state index in [2.05, 4.69) is 0 Å². The van der Waals surface area contributed by atoms with Crippen molar-refractivity contribution in [2.75, 3.05) is 11.4 Å². The largest absolute Gasteiger partial charge is 0.479 e. The van der Waals surface area contributed by atoms with Gasteiger partial charge in [-0.05, 0) is 38.5 Å². The third-order valence-corrected chi connectivity index (χ3v) is 4.51. The summed E-state index contributed by atoms with van der Waals surface area (Å²) in [6.45, 7) is 6.21. The van der Waals surface area contributed by atoms with Crippen molar-refractivity contribution < 1.29 is 14.3 Å². The van der Waals surface area contributed by atoms with Crippen LogP contribution in [0.1, 0.15) is 26.3 Å². The monoisotopic (exact) mass is 352 g/mol. The van der Waals surface area contributed by atoms with Crippen molar-refractivity contribution in [2.24, 2.45) is 0 Å². The minimum absolute atomic E-state index is 0.00849. The number of nitrogens with zero attached hydrogens (tertiary/aromatic N) is 2. The van der Waals surface area contributed by atoms with Crippen molar-refractivity contribution >= 4 is 17.5 Å². The SMILES string of the molecule is CC1Oc2ccccc2N(CC(=O)N(Cc2ccccc2)C(C)C)C1=O. The van der Waals surface area contributed by atoms with Crippen LogP contribution in [0.25, 0.3) is 0 Å². The zero-order chi connectivity index (χ0) is 18.7. The van der Waals surface area contributed by atoms with Gasteiger partial charge in [-0.15, -0.1) is 0 Å². The van der Waals surface area contributed by atoms with Crippen LogP contribution in [0.4, 0.5) is 5.69 Å². The van der Waals surface area contributed by atoms with E-state index in [1.807, 2.05) is 68.4 Å². The molecule has 3 rings (SSSR count). The van der Waals surface area contributed by atoms with Crippen LogP contribution in [0.3, 0.4) is 0 Å². The Labute approximate surface area is 154 Å². The van der Waals surface area contributed by atoms with Crippen LogP contribution in [0.15, 0.2) is 54.6 Å². The van der Waals surface area contributed by atoms with Gasteiger partial charge in [0.2, 0.25) is 5.91 Å². The molecule has 0 N–H and O–H groups in total. The molecule has 0 bridgehead atoms. The van der Waals surface area contributed by atoms with Crippen molar-refractivity contribution in [1.29, 1.82) is 0 Å². The van der Waals surface area contributed by atoms with Gasteiger partial charge in [0, 0.05) is 12.6 Å². The summed E-state index contributed by atoms with van der Waals surface area (Å²) in [5, 5.41) is 0. The van der Waals surface area contributed by atoms with Crippen LogP contribution in [0.2, 0.25) is 0 Å². The molecule has 5 heteroatoms. The molecule has 2 aromatic rings. The van der Waals surface area contributed by atoms with E-state index in [4.69, 9.17) is 4.74 Å². The predicted octanol–water partition coefficient (Wildman–Crippen LogP) is 3.24. The maximum atomic E-state index is 13.0. The number of benzene rings is 2. The Kier molecular flexibility index (Phi) is 5.26. The van der Waals surface area contributed by atoms with Gasteiger partial charge in [-0.3, -0.25) is 14.5 Å². The van der Waals surface area contributed by atoms with Gasteiger partial charge in [-0.2, -0.15) is 0 Å². The average Bonchev–Trinajstić information content (AvgIpc) is 2.64. The Morgan fingerprint density at radius 1 is 1.12 bits per heavy atom. The summed E-state index contributed by atoms with van der Waals surface area (Å²) in [5.74, 6) is 0.355. The minimum Gasteiger partial charge on any atom is -0.479 e. The summed E-state index contributed by atoms with van der Waals surface area (Å²) in [6, 6.07) is 17.2. The standard InChI is InChI=1S/C21H24N2O3/c1-15(2)22(13-17-9-5-4-6-10-17)20(24)14-23-18-11-7-8-12-19(18)26-16(3)21(23)25/h4-12,15-16H,13-14H2,1-3H3. The summed E-state index contributed by atoms with van der Waals surface area (Å²) < 4.78 is 5.64. The lowest BCUT2D eigenvalue weighted by molar-refractivity contribution is -0.134. The average molecular weight is 352 g/mol. The molecule has 0 radical (unpaired) electrons. The second kappa shape index (κ2) is 7.60. The number of carbonyl (C=O) groups is 2. The highest BCUT2D eigenvalue weighted by molar-refractivity contribution is 6.03. The van der Waals surface area contributed by atoms with Gasteiger partial charge in [-0.25, -0.2) is 0 Å². The van der Waals surface area contributed by atoms with Crippen LogP contribution >= 0.6 is 0 Å². The minimum atomic E-state index is -0.598. The zero-order valence-corrected chi connectivity index (χ0v) is 15.4. The Morgan fingerprint density at radius 3 is 2.46 bits per heavy atom. The molecular formula is C21H24N2O3. The van der Waals surface area contributed by atoms with Gasteiger partial charge in [0.1, 0.15) is 12.3 Å². The zero-order valence-electron chi connectivity index (χ0n) is 15.4. The van der Waals surface area contributed by atoms with Gasteiger partial charge in [0.25, 0.3) is 5.91 Å². The highest BCUT2D eigenvalue weighted by Gasteiger charge is 2.33. The highest BCUT2D eigenvalue weighted by Crippen LogP contribution is 2.33. The van der Waals surface area contributed by atoms with Gasteiger partial charge in [0.05, 0.1) is 5.69 Å². The molecule has 1 atom stereocenters. The first-order valence-electron chi connectivity index (χ1n) is 8.88. The Hall–Kier alpha value is -2.82. The van der Waals surface area contributed by atoms with Gasteiger partial charge < -0.3 is 9.64 Å². The van der Waals surface area contributed by atoms with Crippen LogP contribution in [-0.2, 0) is 16.1 Å². The summed E-state index contributed by atoms with van der Waals surface area (Å²) >= 11 is 0. The molecule has 0 spiro atoms. The maximum Gasteiger partial charge on any atom is 0.268 e. The number of ether oxygens (including phenoxy) is 1. The quantitative estimate of drug-likeness (QED) is 0.830. The van der Waals surface area contributed by atoms with Crippen LogP contribution in [-0.4, -0.2) is 35.4 Å². The Balaban J connectivity index is 1.81. The fourth-order valence-corrected chi connectivity index (χ4v) is 3.09. The molecule has 0 aromatic heterocycles. The molecule has 5 nitrogen and oxygen atoms in total. The molecule has 2 aromatic carbocycles. The van der Waals surface area contributed by atoms with E-state index in [1.54, 1.807) is 11.8 Å². The third kappa shape index (κ3) is 3.72. The smallest absolute Gasteiger partial charge is 0.268 e. The molecule has 26 heavy (non-hydrogen) atoms. The van der Waals surface area contributed by atoms with Crippen molar-refractivity contribution in [3.63, 3.8) is 0 Å². The summed E-state index contributed by atoms with van der Waals surface area (Å²) in [5.41, 5.74) is 1.71. The number of hydrogen-bond acceptors (Lipinski definition) is 3. The molecule has 2 amide bonds. The number of hydrogen-bond donors (Lipinski definition) is 0. The number of amides is 2. The summed E-state index contributed by atoms with van der Waals surface area (Å²) in [4.78, 5) is 28.9. The predicted molar refractivity (Wildman–Crippen MR) is 101 cm³/mol. The molecule has 0 fully saturated rings. The van der Waals surface area contributed by atoms with Crippen molar-refractivity contribution in [3.8, 4) is 5.75 Å². The normalized spacial score (nSPS) is 16.2. The number of carbonyl (C=O) groups excluding carboxylic acids is 2. The molecule has 1 aliphatic rings. The molecule has 1 unspecified atom stereocenters. The molecule has 1 heterocycles. The molecule has 136 valence electrons. The summed E-state index contributed by atoms with van der Waals surface area (Å²) in [6.07, 6.45) is -0.598. The maximum absolute atomic E-state index is 13.0. The second-order valence-corrected chi connectivity index (χ2v) is 6.75. The molecule has 1 aliphatic heterocycles. The van der Waals surface area contributed by atoms with E-state index in [0.29, 0.717) is 18.0 Å². The Morgan fingerprint density at radius 2 is 1.77 bits per heavy atom. The second-order valence-electron chi connectivity index (χ2n) is 6.75. The van der Waals surface area contributed by atoms with Gasteiger partial charge in [0.15, 0.2) is 6.10 Å².